The number of phenols is 2. The number of carbonyl (C=O) groups is 1. The second-order valence-corrected chi connectivity index (χ2v) is 7.52. The lowest BCUT2D eigenvalue weighted by Gasteiger charge is -2.36. The van der Waals surface area contributed by atoms with Gasteiger partial charge >= 0.3 is 5.63 Å². The molecule has 0 saturated carbocycles. The van der Waals surface area contributed by atoms with Gasteiger partial charge in [-0.1, -0.05) is 12.1 Å². The van der Waals surface area contributed by atoms with Crippen molar-refractivity contribution in [1.29, 1.82) is 0 Å². The molecular formula is C23H24N2O6. The highest BCUT2D eigenvalue weighted by Crippen LogP contribution is 2.34. The van der Waals surface area contributed by atoms with E-state index in [1.807, 2.05) is 24.3 Å². The van der Waals surface area contributed by atoms with Gasteiger partial charge in [0.15, 0.2) is 11.3 Å². The molecule has 1 aliphatic heterocycles. The minimum absolute atomic E-state index is 0.0795. The van der Waals surface area contributed by atoms with Crippen molar-refractivity contribution in [3.63, 3.8) is 0 Å². The molecule has 0 aliphatic carbocycles. The fraction of sp³-hybridized carbons (Fsp3) is 0.304. The number of hydrogen-bond donors (Lipinski definition) is 2. The molecule has 162 valence electrons. The van der Waals surface area contributed by atoms with Gasteiger partial charge in [-0.05, 0) is 36.8 Å². The van der Waals surface area contributed by atoms with E-state index in [2.05, 4.69) is 4.90 Å². The number of benzene rings is 2. The number of methoxy groups -OCH3 is 1. The molecule has 8 nitrogen and oxygen atoms in total. The maximum atomic E-state index is 12.9. The van der Waals surface area contributed by atoms with Gasteiger partial charge in [0.1, 0.15) is 5.75 Å². The number of amides is 1. The van der Waals surface area contributed by atoms with Crippen LogP contribution in [0.1, 0.15) is 11.1 Å². The third-order valence-electron chi connectivity index (χ3n) is 5.79. The molecule has 1 aromatic heterocycles. The molecule has 3 aromatic rings. The average molecular weight is 424 g/mol. The molecule has 0 spiro atoms. The highest BCUT2D eigenvalue weighted by Gasteiger charge is 2.25. The zero-order chi connectivity index (χ0) is 22.1. The Balaban J connectivity index is 1.50. The minimum Gasteiger partial charge on any atom is -0.504 e. The summed E-state index contributed by atoms with van der Waals surface area (Å²) in [4.78, 5) is 29.3. The number of hydrogen-bond acceptors (Lipinski definition) is 7. The Kier molecular flexibility index (Phi) is 5.46. The third-order valence-corrected chi connectivity index (χ3v) is 5.79. The van der Waals surface area contributed by atoms with E-state index in [0.717, 1.165) is 11.4 Å². The molecule has 1 amide bonds. The number of aromatic hydroxyl groups is 2. The molecule has 0 bridgehead atoms. The van der Waals surface area contributed by atoms with Gasteiger partial charge in [0.25, 0.3) is 0 Å². The number of ether oxygens (including phenoxy) is 1. The van der Waals surface area contributed by atoms with Crippen LogP contribution in [0.15, 0.2) is 45.6 Å². The van der Waals surface area contributed by atoms with Gasteiger partial charge in [-0.2, -0.15) is 0 Å². The normalized spacial score (nSPS) is 14.1. The first-order valence-corrected chi connectivity index (χ1v) is 10.0. The lowest BCUT2D eigenvalue weighted by molar-refractivity contribution is -0.130. The molecule has 0 radical (unpaired) electrons. The van der Waals surface area contributed by atoms with Crippen molar-refractivity contribution in [1.82, 2.24) is 4.90 Å². The largest absolute Gasteiger partial charge is 0.504 e. The van der Waals surface area contributed by atoms with Gasteiger partial charge in [0.05, 0.1) is 24.8 Å². The summed E-state index contributed by atoms with van der Waals surface area (Å²) >= 11 is 0. The van der Waals surface area contributed by atoms with Crippen LogP contribution in [0, 0.1) is 6.92 Å². The predicted molar refractivity (Wildman–Crippen MR) is 116 cm³/mol. The molecule has 8 heteroatoms. The lowest BCUT2D eigenvalue weighted by atomic mass is 10.0. The summed E-state index contributed by atoms with van der Waals surface area (Å²) in [5, 5.41) is 20.1. The zero-order valence-electron chi connectivity index (χ0n) is 17.4. The molecule has 1 saturated heterocycles. The highest BCUT2D eigenvalue weighted by atomic mass is 16.5. The van der Waals surface area contributed by atoms with E-state index in [0.29, 0.717) is 37.1 Å². The third kappa shape index (κ3) is 3.76. The maximum absolute atomic E-state index is 12.9. The Morgan fingerprint density at radius 3 is 2.52 bits per heavy atom. The van der Waals surface area contributed by atoms with Crippen molar-refractivity contribution in [2.75, 3.05) is 38.2 Å². The number of anilines is 1. The fourth-order valence-corrected chi connectivity index (χ4v) is 3.98. The average Bonchev–Trinajstić information content (AvgIpc) is 2.79. The summed E-state index contributed by atoms with van der Waals surface area (Å²) in [7, 11) is 1.64. The van der Waals surface area contributed by atoms with Gasteiger partial charge in [0.2, 0.25) is 11.7 Å². The lowest BCUT2D eigenvalue weighted by Crippen LogP contribution is -2.49. The molecule has 2 heterocycles. The number of phenolic OH excluding ortho intramolecular Hbond substituents is 2. The number of piperazine rings is 1. The molecule has 2 aromatic carbocycles. The Hall–Kier alpha value is -3.68. The van der Waals surface area contributed by atoms with Crippen molar-refractivity contribution >= 4 is 22.6 Å². The fourth-order valence-electron chi connectivity index (χ4n) is 3.98. The van der Waals surface area contributed by atoms with Gasteiger partial charge in [-0.25, -0.2) is 4.79 Å². The number of aryl methyl sites for hydroxylation is 1. The first-order chi connectivity index (χ1) is 14.9. The summed E-state index contributed by atoms with van der Waals surface area (Å²) < 4.78 is 10.6. The van der Waals surface area contributed by atoms with Gasteiger partial charge < -0.3 is 29.2 Å². The number of nitrogens with zero attached hydrogens (tertiary/aromatic N) is 2. The topological polar surface area (TPSA) is 103 Å². The van der Waals surface area contributed by atoms with Crippen LogP contribution in [-0.4, -0.2) is 54.3 Å². The Morgan fingerprint density at radius 1 is 1.10 bits per heavy atom. The summed E-state index contributed by atoms with van der Waals surface area (Å²) in [5.74, 6) is -0.215. The predicted octanol–water partition coefficient (Wildman–Crippen LogP) is 2.41. The molecule has 0 unspecified atom stereocenters. The molecule has 1 aliphatic rings. The van der Waals surface area contributed by atoms with E-state index >= 15 is 0 Å². The van der Waals surface area contributed by atoms with E-state index in [-0.39, 0.29) is 29.2 Å². The Bertz CT molecular complexity index is 1190. The molecule has 0 atom stereocenters. The SMILES string of the molecule is COc1ccccc1N1CCN(C(=O)Cc2c(C)c3ccc(O)c(O)c3oc2=O)CC1. The van der Waals surface area contributed by atoms with Crippen LogP contribution in [0.5, 0.6) is 17.2 Å². The highest BCUT2D eigenvalue weighted by molar-refractivity contribution is 5.89. The van der Waals surface area contributed by atoms with Crippen molar-refractivity contribution in [2.24, 2.45) is 0 Å². The van der Waals surface area contributed by atoms with Crippen LogP contribution in [0.2, 0.25) is 0 Å². The first-order valence-electron chi connectivity index (χ1n) is 10.0. The van der Waals surface area contributed by atoms with Crippen molar-refractivity contribution in [2.45, 2.75) is 13.3 Å². The second kappa shape index (κ2) is 8.22. The number of rotatable bonds is 4. The van der Waals surface area contributed by atoms with E-state index in [9.17, 15) is 19.8 Å². The van der Waals surface area contributed by atoms with E-state index in [4.69, 9.17) is 9.15 Å². The summed E-state index contributed by atoms with van der Waals surface area (Å²) in [5.41, 5.74) is 1.04. The molecule has 31 heavy (non-hydrogen) atoms. The standard InChI is InChI=1S/C23H24N2O6/c1-14-15-7-8-18(26)21(28)22(15)31-23(29)16(14)13-20(27)25-11-9-24(10-12-25)17-5-3-4-6-19(17)30-2/h3-8,26,28H,9-13H2,1-2H3. The van der Waals surface area contributed by atoms with Crippen molar-refractivity contribution in [3.8, 4) is 17.2 Å². The van der Waals surface area contributed by atoms with Crippen LogP contribution in [-0.2, 0) is 11.2 Å². The van der Waals surface area contributed by atoms with Gasteiger partial charge in [-0.3, -0.25) is 4.79 Å². The van der Waals surface area contributed by atoms with E-state index < -0.39 is 11.4 Å². The van der Waals surface area contributed by atoms with Crippen molar-refractivity contribution < 1.29 is 24.2 Å². The van der Waals surface area contributed by atoms with Crippen LogP contribution >= 0.6 is 0 Å². The number of para-hydroxylation sites is 2. The Morgan fingerprint density at radius 2 is 1.81 bits per heavy atom. The summed E-state index contributed by atoms with van der Waals surface area (Å²) in [6.45, 7) is 4.08. The second-order valence-electron chi connectivity index (χ2n) is 7.52. The molecule has 2 N–H and O–H groups in total. The van der Waals surface area contributed by atoms with Crippen LogP contribution < -0.4 is 15.3 Å². The van der Waals surface area contributed by atoms with Crippen LogP contribution in [0.3, 0.4) is 0 Å². The van der Waals surface area contributed by atoms with Gasteiger partial charge in [-0.15, -0.1) is 0 Å². The molecular weight excluding hydrogens is 400 g/mol. The van der Waals surface area contributed by atoms with Crippen LogP contribution in [0.4, 0.5) is 5.69 Å². The number of carbonyl (C=O) groups excluding carboxylic acids is 1. The Labute approximate surface area is 178 Å². The summed E-state index contributed by atoms with van der Waals surface area (Å²) in [6.07, 6.45) is -0.0829. The molecule has 1 fully saturated rings. The number of fused-ring (bicyclic) bond motifs is 1. The first kappa shape index (κ1) is 20.6. The smallest absolute Gasteiger partial charge is 0.340 e. The quantitative estimate of drug-likeness (QED) is 0.490. The maximum Gasteiger partial charge on any atom is 0.340 e. The van der Waals surface area contributed by atoms with Crippen LogP contribution in [0.25, 0.3) is 11.0 Å². The van der Waals surface area contributed by atoms with Gasteiger partial charge in [0, 0.05) is 31.6 Å². The zero-order valence-corrected chi connectivity index (χ0v) is 17.4. The molecule has 4 rings (SSSR count). The summed E-state index contributed by atoms with van der Waals surface area (Å²) in [6, 6.07) is 10.7. The van der Waals surface area contributed by atoms with Crippen molar-refractivity contribution in [3.05, 3.63) is 57.9 Å². The monoisotopic (exact) mass is 424 g/mol. The van der Waals surface area contributed by atoms with E-state index in [1.165, 1.54) is 6.07 Å². The minimum atomic E-state index is -0.688. The van der Waals surface area contributed by atoms with E-state index in [1.54, 1.807) is 25.0 Å².